The maximum atomic E-state index is 12.0. The molecule has 2 heterocycles. The molecule has 0 aliphatic carbocycles. The van der Waals surface area contributed by atoms with Crippen LogP contribution in [-0.2, 0) is 4.79 Å². The summed E-state index contributed by atoms with van der Waals surface area (Å²) in [6.45, 7) is 8.34. The molecular formula is C11H22N4O. The summed E-state index contributed by atoms with van der Waals surface area (Å²) in [5.41, 5.74) is 0. The lowest BCUT2D eigenvalue weighted by molar-refractivity contribution is -0.132. The van der Waals surface area contributed by atoms with Crippen LogP contribution in [-0.4, -0.2) is 74.6 Å². The monoisotopic (exact) mass is 226 g/mol. The molecule has 0 aromatic carbocycles. The largest absolute Gasteiger partial charge is 0.339 e. The molecule has 0 spiro atoms. The van der Waals surface area contributed by atoms with Crippen molar-refractivity contribution >= 4 is 5.91 Å². The maximum Gasteiger partial charge on any atom is 0.236 e. The van der Waals surface area contributed by atoms with Gasteiger partial charge < -0.3 is 15.5 Å². The molecule has 0 saturated carbocycles. The Balaban J connectivity index is 1.76. The lowest BCUT2D eigenvalue weighted by atomic mass is 10.3. The van der Waals surface area contributed by atoms with Crippen LogP contribution >= 0.6 is 0 Å². The summed E-state index contributed by atoms with van der Waals surface area (Å²) in [7, 11) is 0. The van der Waals surface area contributed by atoms with Crippen molar-refractivity contribution in [2.45, 2.75) is 6.42 Å². The second kappa shape index (κ2) is 6.18. The van der Waals surface area contributed by atoms with E-state index in [1.807, 2.05) is 4.90 Å². The Labute approximate surface area is 97.2 Å². The SMILES string of the molecule is O=C(CN1CCCNCC1)N1CCNCC1. The van der Waals surface area contributed by atoms with E-state index in [1.165, 1.54) is 0 Å². The minimum Gasteiger partial charge on any atom is -0.339 e. The van der Waals surface area contributed by atoms with Gasteiger partial charge in [0.2, 0.25) is 5.91 Å². The number of hydrogen-bond donors (Lipinski definition) is 2. The summed E-state index contributed by atoms with van der Waals surface area (Å²) < 4.78 is 0. The maximum absolute atomic E-state index is 12.0. The summed E-state index contributed by atoms with van der Waals surface area (Å²) in [6.07, 6.45) is 1.15. The van der Waals surface area contributed by atoms with Gasteiger partial charge in [0, 0.05) is 39.3 Å². The molecule has 5 nitrogen and oxygen atoms in total. The highest BCUT2D eigenvalue weighted by molar-refractivity contribution is 5.78. The number of hydrogen-bond acceptors (Lipinski definition) is 4. The van der Waals surface area contributed by atoms with Gasteiger partial charge in [0.15, 0.2) is 0 Å². The zero-order valence-corrected chi connectivity index (χ0v) is 9.87. The minimum atomic E-state index is 0.295. The number of nitrogens with one attached hydrogen (secondary N) is 2. The third-order valence-corrected chi connectivity index (χ3v) is 3.26. The summed E-state index contributed by atoms with van der Waals surface area (Å²) >= 11 is 0. The van der Waals surface area contributed by atoms with Crippen LogP contribution in [0.25, 0.3) is 0 Å². The van der Waals surface area contributed by atoms with Crippen LogP contribution in [0.1, 0.15) is 6.42 Å². The van der Waals surface area contributed by atoms with Crippen LogP contribution in [0.3, 0.4) is 0 Å². The first kappa shape index (κ1) is 11.8. The molecule has 0 aromatic heterocycles. The first-order valence-corrected chi connectivity index (χ1v) is 6.28. The van der Waals surface area contributed by atoms with Crippen molar-refractivity contribution in [2.75, 3.05) is 58.9 Å². The van der Waals surface area contributed by atoms with Gasteiger partial charge in [-0.3, -0.25) is 9.69 Å². The van der Waals surface area contributed by atoms with Crippen LogP contribution in [0, 0.1) is 0 Å². The number of nitrogens with zero attached hydrogens (tertiary/aromatic N) is 2. The molecule has 2 N–H and O–H groups in total. The van der Waals surface area contributed by atoms with E-state index in [4.69, 9.17) is 0 Å². The Kier molecular flexibility index (Phi) is 4.56. The number of rotatable bonds is 2. The molecule has 0 bridgehead atoms. The number of amides is 1. The molecule has 0 aromatic rings. The summed E-state index contributed by atoms with van der Waals surface area (Å²) in [5.74, 6) is 0.295. The molecule has 16 heavy (non-hydrogen) atoms. The van der Waals surface area contributed by atoms with E-state index >= 15 is 0 Å². The van der Waals surface area contributed by atoms with Gasteiger partial charge in [-0.15, -0.1) is 0 Å². The van der Waals surface area contributed by atoms with Gasteiger partial charge in [-0.1, -0.05) is 0 Å². The van der Waals surface area contributed by atoms with E-state index in [2.05, 4.69) is 15.5 Å². The fraction of sp³-hybridized carbons (Fsp3) is 0.909. The van der Waals surface area contributed by atoms with Gasteiger partial charge >= 0.3 is 0 Å². The fourth-order valence-electron chi connectivity index (χ4n) is 2.27. The minimum absolute atomic E-state index is 0.295. The lowest BCUT2D eigenvalue weighted by Crippen LogP contribution is -2.49. The molecule has 2 saturated heterocycles. The number of carbonyl (C=O) groups is 1. The number of piperazine rings is 1. The molecular weight excluding hydrogens is 204 g/mol. The van der Waals surface area contributed by atoms with Crippen LogP contribution in [0.15, 0.2) is 0 Å². The molecule has 2 fully saturated rings. The molecule has 0 atom stereocenters. The molecule has 2 aliphatic heterocycles. The predicted octanol–water partition coefficient (Wildman–Crippen LogP) is -1.29. The van der Waals surface area contributed by atoms with Crippen LogP contribution in [0.4, 0.5) is 0 Å². The van der Waals surface area contributed by atoms with E-state index in [-0.39, 0.29) is 0 Å². The molecule has 1 amide bonds. The number of carbonyl (C=O) groups excluding carboxylic acids is 1. The Hall–Kier alpha value is -0.650. The Morgan fingerprint density at radius 2 is 1.62 bits per heavy atom. The second-order valence-electron chi connectivity index (χ2n) is 4.51. The van der Waals surface area contributed by atoms with Crippen LogP contribution in [0.5, 0.6) is 0 Å². The zero-order valence-electron chi connectivity index (χ0n) is 9.87. The van der Waals surface area contributed by atoms with Crippen molar-refractivity contribution < 1.29 is 4.79 Å². The Morgan fingerprint density at radius 1 is 0.938 bits per heavy atom. The smallest absolute Gasteiger partial charge is 0.236 e. The third-order valence-electron chi connectivity index (χ3n) is 3.26. The topological polar surface area (TPSA) is 47.6 Å². The highest BCUT2D eigenvalue weighted by Crippen LogP contribution is 1.99. The first-order chi connectivity index (χ1) is 7.86. The van der Waals surface area contributed by atoms with Gasteiger partial charge in [-0.05, 0) is 19.5 Å². The second-order valence-corrected chi connectivity index (χ2v) is 4.51. The Morgan fingerprint density at radius 3 is 2.44 bits per heavy atom. The van der Waals surface area contributed by atoms with Gasteiger partial charge in [-0.2, -0.15) is 0 Å². The first-order valence-electron chi connectivity index (χ1n) is 6.28. The highest BCUT2D eigenvalue weighted by Gasteiger charge is 2.19. The summed E-state index contributed by atoms with van der Waals surface area (Å²) in [6, 6.07) is 0. The van der Waals surface area contributed by atoms with Crippen molar-refractivity contribution in [2.24, 2.45) is 0 Å². The van der Waals surface area contributed by atoms with Crippen LogP contribution in [0.2, 0.25) is 0 Å². The molecule has 92 valence electrons. The standard InChI is InChI=1S/C11H22N4O/c16-11(15-8-4-13-5-9-15)10-14-6-1-2-12-3-7-14/h12-13H,1-10H2. The molecule has 2 aliphatic rings. The quantitative estimate of drug-likeness (QED) is 0.615. The summed E-state index contributed by atoms with van der Waals surface area (Å²) in [4.78, 5) is 16.3. The Bertz CT molecular complexity index is 220. The van der Waals surface area contributed by atoms with E-state index in [1.54, 1.807) is 0 Å². The predicted molar refractivity (Wildman–Crippen MR) is 63.4 cm³/mol. The van der Waals surface area contributed by atoms with Crippen molar-refractivity contribution in [3.8, 4) is 0 Å². The lowest BCUT2D eigenvalue weighted by Gasteiger charge is -2.29. The van der Waals surface area contributed by atoms with E-state index in [0.717, 1.165) is 58.8 Å². The van der Waals surface area contributed by atoms with E-state index in [0.29, 0.717) is 12.5 Å². The molecule has 0 unspecified atom stereocenters. The van der Waals surface area contributed by atoms with E-state index in [9.17, 15) is 4.79 Å². The fourth-order valence-corrected chi connectivity index (χ4v) is 2.27. The average Bonchev–Trinajstić information content (AvgIpc) is 2.59. The van der Waals surface area contributed by atoms with Crippen molar-refractivity contribution in [3.05, 3.63) is 0 Å². The molecule has 2 rings (SSSR count). The van der Waals surface area contributed by atoms with Crippen molar-refractivity contribution in [1.29, 1.82) is 0 Å². The van der Waals surface area contributed by atoms with Crippen molar-refractivity contribution in [1.82, 2.24) is 20.4 Å². The molecule has 0 radical (unpaired) electrons. The summed E-state index contributed by atoms with van der Waals surface area (Å²) in [5, 5.41) is 6.62. The zero-order chi connectivity index (χ0) is 11.2. The van der Waals surface area contributed by atoms with Gasteiger partial charge in [0.25, 0.3) is 0 Å². The normalized spacial score (nSPS) is 24.1. The highest BCUT2D eigenvalue weighted by atomic mass is 16.2. The van der Waals surface area contributed by atoms with Gasteiger partial charge in [0.1, 0.15) is 0 Å². The van der Waals surface area contributed by atoms with Gasteiger partial charge in [-0.25, -0.2) is 0 Å². The van der Waals surface area contributed by atoms with E-state index < -0.39 is 0 Å². The van der Waals surface area contributed by atoms with Crippen molar-refractivity contribution in [3.63, 3.8) is 0 Å². The molecule has 5 heteroatoms. The third kappa shape index (κ3) is 3.43. The van der Waals surface area contributed by atoms with Crippen LogP contribution < -0.4 is 10.6 Å². The average molecular weight is 226 g/mol. The van der Waals surface area contributed by atoms with Gasteiger partial charge in [0.05, 0.1) is 6.54 Å².